The third kappa shape index (κ3) is 5.77. The minimum absolute atomic E-state index is 0.111. The van der Waals surface area contributed by atoms with E-state index in [1.165, 1.54) is 12.1 Å². The molecular formula is C18H23F3N2O2. The van der Waals surface area contributed by atoms with Crippen LogP contribution >= 0.6 is 0 Å². The standard InChI is InChI=1S/C18H23F3N2O2/c1-2-10-25-16-6-5-14(18(19,20)21)11-15(16)17(24)23-9-7-13-4-3-8-22-12-13/h2,5-6,11,13,22H,1,3-4,7-10,12H2,(H,23,24). The average molecular weight is 356 g/mol. The molecule has 4 nitrogen and oxygen atoms in total. The van der Waals surface area contributed by atoms with Gasteiger partial charge in [-0.15, -0.1) is 0 Å². The van der Waals surface area contributed by atoms with Crippen LogP contribution in [0.5, 0.6) is 5.75 Å². The predicted octanol–water partition coefficient (Wildman–Crippen LogP) is 3.39. The molecule has 0 radical (unpaired) electrons. The van der Waals surface area contributed by atoms with E-state index in [-0.39, 0.29) is 17.9 Å². The molecule has 1 aliphatic heterocycles. The fourth-order valence-corrected chi connectivity index (χ4v) is 2.81. The van der Waals surface area contributed by atoms with E-state index in [0.717, 1.165) is 44.5 Å². The molecule has 0 spiro atoms. The maximum Gasteiger partial charge on any atom is 0.416 e. The molecule has 1 unspecified atom stereocenters. The second-order valence-electron chi connectivity index (χ2n) is 6.07. The number of amides is 1. The van der Waals surface area contributed by atoms with Crippen molar-refractivity contribution in [3.63, 3.8) is 0 Å². The van der Waals surface area contributed by atoms with Crippen LogP contribution in [0.25, 0.3) is 0 Å². The molecule has 1 atom stereocenters. The zero-order chi connectivity index (χ0) is 18.3. The number of carbonyl (C=O) groups is 1. The van der Waals surface area contributed by atoms with E-state index < -0.39 is 17.6 Å². The van der Waals surface area contributed by atoms with Crippen molar-refractivity contribution < 1.29 is 22.7 Å². The van der Waals surface area contributed by atoms with E-state index in [4.69, 9.17) is 4.74 Å². The topological polar surface area (TPSA) is 50.4 Å². The first-order valence-corrected chi connectivity index (χ1v) is 8.35. The highest BCUT2D eigenvalue weighted by molar-refractivity contribution is 5.97. The van der Waals surface area contributed by atoms with Crippen molar-refractivity contribution in [1.82, 2.24) is 10.6 Å². The number of hydrogen-bond acceptors (Lipinski definition) is 3. The van der Waals surface area contributed by atoms with E-state index in [0.29, 0.717) is 12.5 Å². The van der Waals surface area contributed by atoms with Gasteiger partial charge in [-0.2, -0.15) is 13.2 Å². The first kappa shape index (κ1) is 19.3. The third-order valence-corrected chi connectivity index (χ3v) is 4.15. The Bertz CT molecular complexity index is 596. The Balaban J connectivity index is 2.04. The number of hydrogen-bond donors (Lipinski definition) is 2. The summed E-state index contributed by atoms with van der Waals surface area (Å²) in [6.45, 7) is 5.95. The largest absolute Gasteiger partial charge is 0.489 e. The Morgan fingerprint density at radius 1 is 1.44 bits per heavy atom. The van der Waals surface area contributed by atoms with Crippen molar-refractivity contribution in [3.8, 4) is 5.75 Å². The molecule has 2 rings (SSSR count). The summed E-state index contributed by atoms with van der Waals surface area (Å²) in [6, 6.07) is 2.91. The van der Waals surface area contributed by atoms with Crippen LogP contribution in [0.2, 0.25) is 0 Å². The van der Waals surface area contributed by atoms with Crippen molar-refractivity contribution in [2.45, 2.75) is 25.4 Å². The molecule has 1 amide bonds. The first-order chi connectivity index (χ1) is 11.9. The molecule has 0 aromatic heterocycles. The summed E-state index contributed by atoms with van der Waals surface area (Å²) in [5.74, 6) is 0.0331. The molecule has 7 heteroatoms. The Morgan fingerprint density at radius 2 is 2.24 bits per heavy atom. The number of nitrogens with one attached hydrogen (secondary N) is 2. The van der Waals surface area contributed by atoms with Crippen LogP contribution in [-0.4, -0.2) is 32.1 Å². The summed E-state index contributed by atoms with van der Waals surface area (Å²) in [6.07, 6.45) is -0.0539. The van der Waals surface area contributed by atoms with E-state index in [2.05, 4.69) is 17.2 Å². The van der Waals surface area contributed by atoms with Gasteiger partial charge < -0.3 is 15.4 Å². The van der Waals surface area contributed by atoms with Gasteiger partial charge in [-0.1, -0.05) is 12.7 Å². The van der Waals surface area contributed by atoms with Crippen molar-refractivity contribution in [3.05, 3.63) is 42.0 Å². The minimum atomic E-state index is -4.51. The third-order valence-electron chi connectivity index (χ3n) is 4.15. The Labute approximate surface area is 145 Å². The van der Waals surface area contributed by atoms with Crippen molar-refractivity contribution in [2.24, 2.45) is 5.92 Å². The van der Waals surface area contributed by atoms with Crippen LogP contribution in [0.1, 0.15) is 35.2 Å². The predicted molar refractivity (Wildman–Crippen MR) is 89.7 cm³/mol. The molecule has 25 heavy (non-hydrogen) atoms. The normalized spacial score (nSPS) is 17.8. The lowest BCUT2D eigenvalue weighted by Crippen LogP contribution is -2.33. The summed E-state index contributed by atoms with van der Waals surface area (Å²) in [4.78, 5) is 12.3. The van der Waals surface area contributed by atoms with Gasteiger partial charge in [0.15, 0.2) is 0 Å². The molecular weight excluding hydrogens is 333 g/mol. The fourth-order valence-electron chi connectivity index (χ4n) is 2.81. The number of piperidine rings is 1. The van der Waals surface area contributed by atoms with Crippen molar-refractivity contribution in [2.75, 3.05) is 26.2 Å². The Kier molecular flexibility index (Phi) is 6.87. The molecule has 1 heterocycles. The molecule has 1 aliphatic rings. The van der Waals surface area contributed by atoms with Gasteiger partial charge in [0.05, 0.1) is 11.1 Å². The maximum atomic E-state index is 12.9. The number of ether oxygens (including phenoxy) is 1. The Hall–Kier alpha value is -2.02. The zero-order valence-electron chi connectivity index (χ0n) is 14.0. The van der Waals surface area contributed by atoms with Gasteiger partial charge in [-0.05, 0) is 56.5 Å². The van der Waals surface area contributed by atoms with Gasteiger partial charge in [0.25, 0.3) is 5.91 Å². The molecule has 1 fully saturated rings. The maximum absolute atomic E-state index is 12.9. The summed E-state index contributed by atoms with van der Waals surface area (Å²) in [7, 11) is 0. The van der Waals surface area contributed by atoms with Crippen LogP contribution in [0, 0.1) is 5.92 Å². The summed E-state index contributed by atoms with van der Waals surface area (Å²) in [5, 5.41) is 6.00. The number of halogens is 3. The molecule has 1 saturated heterocycles. The van der Waals surface area contributed by atoms with E-state index in [9.17, 15) is 18.0 Å². The van der Waals surface area contributed by atoms with E-state index in [1.54, 1.807) is 0 Å². The number of alkyl halides is 3. The highest BCUT2D eigenvalue weighted by Crippen LogP contribution is 2.32. The van der Waals surface area contributed by atoms with Crippen molar-refractivity contribution >= 4 is 5.91 Å². The van der Waals surface area contributed by atoms with Crippen LogP contribution in [-0.2, 0) is 6.18 Å². The minimum Gasteiger partial charge on any atom is -0.489 e. The number of carbonyl (C=O) groups excluding carboxylic acids is 1. The van der Waals surface area contributed by atoms with Crippen LogP contribution in [0.15, 0.2) is 30.9 Å². The average Bonchev–Trinajstić information content (AvgIpc) is 2.59. The SMILES string of the molecule is C=CCOc1ccc(C(F)(F)F)cc1C(=O)NCCC1CCCNC1. The van der Waals surface area contributed by atoms with Gasteiger partial charge in [-0.3, -0.25) is 4.79 Å². The van der Waals surface area contributed by atoms with Gasteiger partial charge in [0.1, 0.15) is 12.4 Å². The van der Waals surface area contributed by atoms with E-state index >= 15 is 0 Å². The van der Waals surface area contributed by atoms with E-state index in [1.807, 2.05) is 0 Å². The quantitative estimate of drug-likeness (QED) is 0.737. The Morgan fingerprint density at radius 3 is 2.88 bits per heavy atom. The second kappa shape index (κ2) is 8.89. The summed E-state index contributed by atoms with van der Waals surface area (Å²) < 4.78 is 44.1. The fraction of sp³-hybridized carbons (Fsp3) is 0.500. The molecule has 0 aliphatic carbocycles. The van der Waals surface area contributed by atoms with Gasteiger partial charge in [-0.25, -0.2) is 0 Å². The molecule has 0 bridgehead atoms. The van der Waals surface area contributed by atoms with Gasteiger partial charge in [0, 0.05) is 6.54 Å². The first-order valence-electron chi connectivity index (χ1n) is 8.35. The van der Waals surface area contributed by atoms with Crippen LogP contribution in [0.3, 0.4) is 0 Å². The monoisotopic (exact) mass is 356 g/mol. The molecule has 1 aromatic rings. The lowest BCUT2D eigenvalue weighted by atomic mass is 9.96. The second-order valence-corrected chi connectivity index (χ2v) is 6.07. The molecule has 138 valence electrons. The molecule has 0 saturated carbocycles. The molecule has 1 aromatic carbocycles. The van der Waals surface area contributed by atoms with Crippen LogP contribution in [0.4, 0.5) is 13.2 Å². The summed E-state index contributed by atoms with van der Waals surface area (Å²) >= 11 is 0. The molecule has 2 N–H and O–H groups in total. The van der Waals surface area contributed by atoms with Crippen LogP contribution < -0.4 is 15.4 Å². The van der Waals surface area contributed by atoms with Gasteiger partial charge in [0.2, 0.25) is 0 Å². The van der Waals surface area contributed by atoms with Crippen molar-refractivity contribution in [1.29, 1.82) is 0 Å². The lowest BCUT2D eigenvalue weighted by molar-refractivity contribution is -0.137. The summed E-state index contributed by atoms with van der Waals surface area (Å²) in [5.41, 5.74) is -0.987. The smallest absolute Gasteiger partial charge is 0.416 e. The zero-order valence-corrected chi connectivity index (χ0v) is 14.0. The highest BCUT2D eigenvalue weighted by Gasteiger charge is 2.32. The number of benzene rings is 1. The van der Waals surface area contributed by atoms with Gasteiger partial charge >= 0.3 is 6.18 Å². The highest BCUT2D eigenvalue weighted by atomic mass is 19.4. The lowest BCUT2D eigenvalue weighted by Gasteiger charge is -2.22. The number of rotatable bonds is 7.